The lowest BCUT2D eigenvalue weighted by Gasteiger charge is -2.29. The predicted octanol–water partition coefficient (Wildman–Crippen LogP) is 3.14. The molecular formula is C19H37ClN2O2. The first-order chi connectivity index (χ1) is 11.3. The Kier molecular flexibility index (Phi) is 15.8. The summed E-state index contributed by atoms with van der Waals surface area (Å²) < 4.78 is 10.8. The highest BCUT2D eigenvalue weighted by Gasteiger charge is 2.16. The lowest BCUT2D eigenvalue weighted by Crippen LogP contribution is -2.34. The number of hydrogen-bond donors (Lipinski definition) is 1. The van der Waals surface area contributed by atoms with Gasteiger partial charge in [0.05, 0.1) is 26.4 Å². The van der Waals surface area contributed by atoms with Crippen molar-refractivity contribution in [2.45, 2.75) is 25.7 Å². The van der Waals surface area contributed by atoms with Crippen molar-refractivity contribution in [1.82, 2.24) is 10.2 Å². The third kappa shape index (κ3) is 12.0. The first-order valence-electron chi connectivity index (χ1n) is 9.02. The van der Waals surface area contributed by atoms with E-state index in [1.54, 1.807) is 6.08 Å². The van der Waals surface area contributed by atoms with Crippen LogP contribution in [-0.2, 0) is 9.47 Å². The van der Waals surface area contributed by atoms with E-state index in [4.69, 9.17) is 9.47 Å². The Balaban J connectivity index is 0.000000425. The Labute approximate surface area is 155 Å². The summed E-state index contributed by atoms with van der Waals surface area (Å²) in [4.78, 5) is 2.38. The van der Waals surface area contributed by atoms with Crippen LogP contribution in [0.2, 0.25) is 0 Å². The SMILES string of the molecule is C=CCOC[C@@H]1CCCN(C)C1.C=CCOC[C@@H]1CCCNC1.Cl. The summed E-state index contributed by atoms with van der Waals surface area (Å²) in [6.07, 6.45) is 8.86. The lowest BCUT2D eigenvalue weighted by atomic mass is 10.00. The quantitative estimate of drug-likeness (QED) is 0.532. The van der Waals surface area contributed by atoms with Crippen molar-refractivity contribution >= 4 is 12.4 Å². The van der Waals surface area contributed by atoms with E-state index in [9.17, 15) is 0 Å². The van der Waals surface area contributed by atoms with Crippen molar-refractivity contribution in [2.24, 2.45) is 11.8 Å². The first kappa shape index (κ1) is 23.6. The van der Waals surface area contributed by atoms with Gasteiger partial charge in [-0.25, -0.2) is 0 Å². The van der Waals surface area contributed by atoms with Crippen LogP contribution < -0.4 is 5.32 Å². The van der Waals surface area contributed by atoms with E-state index in [0.717, 1.165) is 31.6 Å². The van der Waals surface area contributed by atoms with Gasteiger partial charge in [-0.1, -0.05) is 12.2 Å². The Bertz CT molecular complexity index is 310. The van der Waals surface area contributed by atoms with Crippen molar-refractivity contribution in [1.29, 1.82) is 0 Å². The first-order valence-corrected chi connectivity index (χ1v) is 9.02. The van der Waals surface area contributed by atoms with Crippen LogP contribution in [0.4, 0.5) is 0 Å². The Morgan fingerprint density at radius 3 is 2.21 bits per heavy atom. The van der Waals surface area contributed by atoms with E-state index in [1.165, 1.54) is 45.3 Å². The monoisotopic (exact) mass is 360 g/mol. The van der Waals surface area contributed by atoms with Crippen molar-refractivity contribution in [3.63, 3.8) is 0 Å². The molecule has 0 aromatic carbocycles. The normalized spacial score (nSPS) is 24.2. The van der Waals surface area contributed by atoms with Crippen LogP contribution in [0.15, 0.2) is 25.3 Å². The standard InChI is InChI=1S/C10H19NO.C9H17NO.ClH/c1-3-7-12-9-10-5-4-6-11(2)8-10;1-2-6-11-8-9-4-3-5-10-7-9;/h3,10H,1,4-9H2,2H3;2,9-10H,1,3-8H2;1H/t10-;9-;/m11./s1. The molecule has 2 fully saturated rings. The summed E-state index contributed by atoms with van der Waals surface area (Å²) in [5, 5.41) is 3.36. The molecule has 0 spiro atoms. The number of piperidine rings is 2. The average molecular weight is 361 g/mol. The minimum atomic E-state index is 0. The molecule has 0 aromatic heterocycles. The minimum Gasteiger partial charge on any atom is -0.377 e. The fourth-order valence-electron chi connectivity index (χ4n) is 3.11. The van der Waals surface area contributed by atoms with Crippen LogP contribution in [0.5, 0.6) is 0 Å². The molecule has 2 aliphatic heterocycles. The summed E-state index contributed by atoms with van der Waals surface area (Å²) >= 11 is 0. The Morgan fingerprint density at radius 2 is 1.67 bits per heavy atom. The fraction of sp³-hybridized carbons (Fsp3) is 0.789. The van der Waals surface area contributed by atoms with E-state index in [-0.39, 0.29) is 12.4 Å². The van der Waals surface area contributed by atoms with Gasteiger partial charge in [-0.15, -0.1) is 25.6 Å². The van der Waals surface area contributed by atoms with Gasteiger partial charge in [-0.3, -0.25) is 0 Å². The molecule has 0 aliphatic carbocycles. The zero-order valence-corrected chi connectivity index (χ0v) is 16.2. The second kappa shape index (κ2) is 16.1. The van der Waals surface area contributed by atoms with Gasteiger partial charge in [0, 0.05) is 13.1 Å². The summed E-state index contributed by atoms with van der Waals surface area (Å²) in [6.45, 7) is 15.1. The molecular weight excluding hydrogens is 324 g/mol. The maximum atomic E-state index is 5.43. The molecule has 5 heteroatoms. The van der Waals surface area contributed by atoms with Crippen molar-refractivity contribution < 1.29 is 9.47 Å². The van der Waals surface area contributed by atoms with E-state index < -0.39 is 0 Å². The average Bonchev–Trinajstić information content (AvgIpc) is 2.57. The molecule has 4 nitrogen and oxygen atoms in total. The van der Waals surface area contributed by atoms with Crippen LogP contribution in [0, 0.1) is 11.8 Å². The Hall–Kier alpha value is -0.390. The molecule has 142 valence electrons. The van der Waals surface area contributed by atoms with Gasteiger partial charge < -0.3 is 19.7 Å². The van der Waals surface area contributed by atoms with Gasteiger partial charge in [0.25, 0.3) is 0 Å². The van der Waals surface area contributed by atoms with Crippen LogP contribution in [0.1, 0.15) is 25.7 Å². The van der Waals surface area contributed by atoms with Crippen molar-refractivity contribution in [3.05, 3.63) is 25.3 Å². The summed E-state index contributed by atoms with van der Waals surface area (Å²) in [5.41, 5.74) is 0. The molecule has 0 amide bonds. The zero-order chi connectivity index (χ0) is 16.8. The topological polar surface area (TPSA) is 33.7 Å². The van der Waals surface area contributed by atoms with Crippen molar-refractivity contribution in [2.75, 3.05) is 59.7 Å². The maximum Gasteiger partial charge on any atom is 0.0644 e. The van der Waals surface area contributed by atoms with Crippen LogP contribution in [0.3, 0.4) is 0 Å². The van der Waals surface area contributed by atoms with Gasteiger partial charge in [0.1, 0.15) is 0 Å². The molecule has 0 radical (unpaired) electrons. The lowest BCUT2D eigenvalue weighted by molar-refractivity contribution is 0.0833. The zero-order valence-electron chi connectivity index (χ0n) is 15.4. The van der Waals surface area contributed by atoms with Crippen LogP contribution in [-0.4, -0.2) is 64.6 Å². The fourth-order valence-corrected chi connectivity index (χ4v) is 3.11. The molecule has 1 N–H and O–H groups in total. The molecule has 24 heavy (non-hydrogen) atoms. The second-order valence-corrected chi connectivity index (χ2v) is 6.64. The largest absolute Gasteiger partial charge is 0.377 e. The third-order valence-corrected chi connectivity index (χ3v) is 4.30. The highest BCUT2D eigenvalue weighted by molar-refractivity contribution is 5.85. The second-order valence-electron chi connectivity index (χ2n) is 6.64. The van der Waals surface area contributed by atoms with E-state index in [1.807, 2.05) is 6.08 Å². The number of likely N-dealkylation sites (tertiary alicyclic amines) is 1. The van der Waals surface area contributed by atoms with Crippen LogP contribution >= 0.6 is 12.4 Å². The molecule has 2 heterocycles. The summed E-state index contributed by atoms with van der Waals surface area (Å²) in [6, 6.07) is 0. The number of hydrogen-bond acceptors (Lipinski definition) is 4. The van der Waals surface area contributed by atoms with Gasteiger partial charge in [-0.05, 0) is 57.7 Å². The van der Waals surface area contributed by atoms with Crippen molar-refractivity contribution in [3.8, 4) is 0 Å². The predicted molar refractivity (Wildman–Crippen MR) is 105 cm³/mol. The van der Waals surface area contributed by atoms with E-state index in [2.05, 4.69) is 30.4 Å². The highest BCUT2D eigenvalue weighted by atomic mass is 35.5. The van der Waals surface area contributed by atoms with E-state index >= 15 is 0 Å². The molecule has 2 atom stereocenters. The third-order valence-electron chi connectivity index (χ3n) is 4.30. The number of rotatable bonds is 8. The molecule has 2 aliphatic rings. The molecule has 0 unspecified atom stereocenters. The van der Waals surface area contributed by atoms with Crippen LogP contribution in [0.25, 0.3) is 0 Å². The number of halogens is 1. The van der Waals surface area contributed by atoms with E-state index in [0.29, 0.717) is 13.2 Å². The van der Waals surface area contributed by atoms with Gasteiger partial charge in [0.2, 0.25) is 0 Å². The summed E-state index contributed by atoms with van der Waals surface area (Å²) in [5.74, 6) is 1.47. The molecule has 0 aromatic rings. The number of nitrogens with one attached hydrogen (secondary N) is 1. The molecule has 0 bridgehead atoms. The smallest absolute Gasteiger partial charge is 0.0644 e. The van der Waals surface area contributed by atoms with Gasteiger partial charge >= 0.3 is 0 Å². The minimum absolute atomic E-state index is 0. The Morgan fingerprint density at radius 1 is 1.04 bits per heavy atom. The molecule has 2 saturated heterocycles. The number of nitrogens with zero attached hydrogens (tertiary/aromatic N) is 1. The molecule has 0 saturated carbocycles. The number of ether oxygens (including phenoxy) is 2. The van der Waals surface area contributed by atoms with Gasteiger partial charge in [-0.2, -0.15) is 0 Å². The summed E-state index contributed by atoms with van der Waals surface area (Å²) in [7, 11) is 2.18. The maximum absolute atomic E-state index is 5.43. The molecule has 2 rings (SSSR count). The van der Waals surface area contributed by atoms with Gasteiger partial charge in [0.15, 0.2) is 0 Å². The highest BCUT2D eigenvalue weighted by Crippen LogP contribution is 2.14.